The van der Waals surface area contributed by atoms with Gasteiger partial charge in [-0.1, -0.05) is 0 Å². The van der Waals surface area contributed by atoms with Gasteiger partial charge in [0.15, 0.2) is 6.23 Å². The first-order chi connectivity index (χ1) is 14.2. The summed E-state index contributed by atoms with van der Waals surface area (Å²) in [5.41, 5.74) is 11.4. The van der Waals surface area contributed by atoms with Gasteiger partial charge in [0.25, 0.3) is 26.1 Å². The van der Waals surface area contributed by atoms with Gasteiger partial charge in [0, 0.05) is 12.1 Å². The van der Waals surface area contributed by atoms with Crippen LogP contribution in [0.5, 0.6) is 0 Å². The van der Waals surface area contributed by atoms with Gasteiger partial charge in [-0.15, -0.1) is 0 Å². The summed E-state index contributed by atoms with van der Waals surface area (Å²) < 4.78 is 64.6. The number of nitrogen functional groups attached to an aromatic ring is 1. The van der Waals surface area contributed by atoms with Gasteiger partial charge in [-0.3, -0.25) is 24.1 Å². The summed E-state index contributed by atoms with van der Waals surface area (Å²) in [5, 5.41) is 14.1. The highest BCUT2D eigenvalue weighted by atomic mass is 32.2. The van der Waals surface area contributed by atoms with Crippen LogP contribution in [-0.4, -0.2) is 66.2 Å². The Kier molecular flexibility index (Phi) is 6.72. The number of hydrogen-bond acceptors (Lipinski definition) is 10. The van der Waals surface area contributed by atoms with Crippen molar-refractivity contribution in [3.05, 3.63) is 23.8 Å². The smallest absolute Gasteiger partial charge is 0.296 e. The van der Waals surface area contributed by atoms with E-state index >= 15 is 0 Å². The van der Waals surface area contributed by atoms with Crippen LogP contribution < -0.4 is 16.9 Å². The monoisotopic (exact) mass is 477 g/mol. The number of aliphatic hydroxyl groups is 1. The number of carbonyl (C=O) groups excluding carboxylic acids is 2. The average molecular weight is 477 g/mol. The Hall–Kier alpha value is -3.05. The van der Waals surface area contributed by atoms with E-state index in [-0.39, 0.29) is 17.8 Å². The number of likely N-dealkylation sites (N-methyl/N-ethyl adjacent to an activating group) is 1. The van der Waals surface area contributed by atoms with Crippen LogP contribution in [0.1, 0.15) is 13.3 Å². The second kappa shape index (κ2) is 8.60. The summed E-state index contributed by atoms with van der Waals surface area (Å²) in [4.78, 5) is 22.5. The Morgan fingerprint density at radius 2 is 1.77 bits per heavy atom. The summed E-state index contributed by atoms with van der Waals surface area (Å²) in [7, 11) is -9.93. The molecule has 0 spiro atoms. The molecule has 0 aromatic heterocycles. The van der Waals surface area contributed by atoms with Crippen LogP contribution >= 0.6 is 0 Å². The van der Waals surface area contributed by atoms with Gasteiger partial charge < -0.3 is 21.5 Å². The molecular weight excluding hydrogens is 458 g/mol. The zero-order chi connectivity index (χ0) is 23.7. The Bertz CT molecular complexity index is 1210. The Labute approximate surface area is 176 Å². The lowest BCUT2D eigenvalue weighted by Gasteiger charge is -2.31. The average Bonchev–Trinajstić information content (AvgIpc) is 2.61. The fourth-order valence-electron chi connectivity index (χ4n) is 2.72. The van der Waals surface area contributed by atoms with Gasteiger partial charge in [0.1, 0.15) is 15.5 Å². The molecule has 16 heteroatoms. The molecule has 0 fully saturated rings. The third kappa shape index (κ3) is 5.36. The Balaban J connectivity index is 2.59. The van der Waals surface area contributed by atoms with E-state index < -0.39 is 65.9 Å². The second-order valence-corrected chi connectivity index (χ2v) is 9.04. The molecule has 1 atom stereocenters. The fourth-order valence-corrected chi connectivity index (χ4v) is 4.07. The summed E-state index contributed by atoms with van der Waals surface area (Å²) in [6.07, 6.45) is -0.960. The molecule has 0 saturated heterocycles. The number of nitrogens with one attached hydrogen (secondary N) is 1. The maximum absolute atomic E-state index is 12.3. The Morgan fingerprint density at radius 1 is 1.19 bits per heavy atom. The molecule has 2 amide bonds. The van der Waals surface area contributed by atoms with Crippen molar-refractivity contribution in [3.8, 4) is 0 Å². The molecule has 1 aromatic carbocycles. The van der Waals surface area contributed by atoms with Gasteiger partial charge >= 0.3 is 0 Å². The molecule has 14 nitrogen and oxygen atoms in total. The van der Waals surface area contributed by atoms with Crippen molar-refractivity contribution in [2.24, 2.45) is 10.8 Å². The van der Waals surface area contributed by atoms with Gasteiger partial charge in [-0.25, -0.2) is 0 Å². The molecule has 1 unspecified atom stereocenters. The highest BCUT2D eigenvalue weighted by Gasteiger charge is 2.32. The number of aliphatic hydroxyl groups excluding tert-OH is 1. The molecule has 1 aliphatic heterocycles. The number of nitrogens with two attached hydrogens (primary N) is 2. The van der Waals surface area contributed by atoms with E-state index in [2.05, 4.69) is 10.5 Å². The van der Waals surface area contributed by atoms with E-state index in [0.717, 1.165) is 17.0 Å². The van der Waals surface area contributed by atoms with E-state index in [0.29, 0.717) is 6.07 Å². The minimum atomic E-state index is -5.02. The lowest BCUT2D eigenvalue weighted by atomic mass is 10.0. The molecular formula is C15H19N5O9S2. The molecule has 1 heterocycles. The highest BCUT2D eigenvalue weighted by molar-refractivity contribution is 7.86. The van der Waals surface area contributed by atoms with Crippen LogP contribution in [0, 0.1) is 0 Å². The third-order valence-electron chi connectivity index (χ3n) is 4.10. The molecule has 0 bridgehead atoms. The number of primary amides is 1. The minimum Gasteiger partial charge on any atom is -0.398 e. The van der Waals surface area contributed by atoms with Crippen molar-refractivity contribution >= 4 is 49.1 Å². The number of nitrogens with zero attached hydrogens (tertiary/aromatic N) is 2. The zero-order valence-electron chi connectivity index (χ0n) is 15.9. The van der Waals surface area contributed by atoms with Gasteiger partial charge in [-0.2, -0.15) is 21.9 Å². The topological polar surface area (TPSA) is 243 Å². The van der Waals surface area contributed by atoms with Crippen molar-refractivity contribution in [1.82, 2.24) is 4.90 Å². The lowest BCUT2D eigenvalue weighted by molar-refractivity contribution is -0.134. The van der Waals surface area contributed by atoms with E-state index in [1.54, 1.807) is 6.92 Å². The number of hydrazone groups is 1. The molecule has 31 heavy (non-hydrogen) atoms. The molecule has 0 aliphatic carbocycles. The highest BCUT2D eigenvalue weighted by Crippen LogP contribution is 2.30. The van der Waals surface area contributed by atoms with Gasteiger partial charge in [-0.05, 0) is 25.1 Å². The number of rotatable bonds is 7. The summed E-state index contributed by atoms with van der Waals surface area (Å²) in [6.45, 7) is 1.58. The number of carbonyl (C=O) groups is 2. The third-order valence-corrected chi connectivity index (χ3v) is 5.90. The van der Waals surface area contributed by atoms with Crippen molar-refractivity contribution < 1.29 is 40.6 Å². The number of hydrogen-bond donors (Lipinski definition) is 6. The second-order valence-electron chi connectivity index (χ2n) is 6.26. The van der Waals surface area contributed by atoms with Crippen molar-refractivity contribution in [3.63, 3.8) is 0 Å². The van der Waals surface area contributed by atoms with Crippen LogP contribution in [0.15, 0.2) is 38.7 Å². The zero-order valence-corrected chi connectivity index (χ0v) is 17.5. The lowest BCUT2D eigenvalue weighted by Crippen LogP contribution is -2.49. The largest absolute Gasteiger partial charge is 0.398 e. The predicted octanol–water partition coefficient (Wildman–Crippen LogP) is -1.49. The first-order valence-electron chi connectivity index (χ1n) is 8.36. The summed E-state index contributed by atoms with van der Waals surface area (Å²) in [6, 6.07) is 1.18. The SMILES string of the molecule is CCN1C(=O)C(CC(N)=O)=CC(=NNc2cc(N)c(S(=O)(=O)O)cc2S(=O)(=O)O)C1O. The first kappa shape index (κ1) is 24.2. The van der Waals surface area contributed by atoms with Crippen molar-refractivity contribution in [1.29, 1.82) is 0 Å². The van der Waals surface area contributed by atoms with E-state index in [1.807, 2.05) is 0 Å². The van der Waals surface area contributed by atoms with Crippen LogP contribution in [-0.2, 0) is 29.8 Å². The van der Waals surface area contributed by atoms with Crippen LogP contribution in [0.3, 0.4) is 0 Å². The molecule has 0 radical (unpaired) electrons. The van der Waals surface area contributed by atoms with Crippen LogP contribution in [0.4, 0.5) is 11.4 Å². The number of amides is 2. The maximum Gasteiger partial charge on any atom is 0.296 e. The standard InChI is InChI=1S/C15H19N5O9S2/c1-2-20-14(22)7(4-13(17)21)3-10(15(20)23)19-18-9-5-8(16)11(30(24,25)26)6-12(9)31(27,28)29/h3,5-6,15,18,23H,2,4,16H2,1H3,(H2,17,21)(H,24,25,26)(H,27,28,29). The van der Waals surface area contributed by atoms with Crippen molar-refractivity contribution in [2.45, 2.75) is 29.4 Å². The molecule has 1 aromatic rings. The Morgan fingerprint density at radius 3 is 2.26 bits per heavy atom. The number of anilines is 2. The van der Waals surface area contributed by atoms with Gasteiger partial charge in [0.2, 0.25) is 5.91 Å². The summed E-state index contributed by atoms with van der Waals surface area (Å²) in [5.74, 6) is -1.48. The van der Waals surface area contributed by atoms with Crippen molar-refractivity contribution in [2.75, 3.05) is 17.7 Å². The van der Waals surface area contributed by atoms with E-state index in [1.165, 1.54) is 0 Å². The maximum atomic E-state index is 12.3. The number of benzene rings is 1. The fraction of sp³-hybridized carbons (Fsp3) is 0.267. The quantitative estimate of drug-likeness (QED) is 0.150. The van der Waals surface area contributed by atoms with Crippen LogP contribution in [0.2, 0.25) is 0 Å². The molecule has 0 saturated carbocycles. The summed E-state index contributed by atoms with van der Waals surface area (Å²) >= 11 is 0. The van der Waals surface area contributed by atoms with E-state index in [4.69, 9.17) is 16.0 Å². The molecule has 170 valence electrons. The normalized spacial score (nSPS) is 18.8. The van der Waals surface area contributed by atoms with Gasteiger partial charge in [0.05, 0.1) is 17.8 Å². The molecule has 1 aliphatic rings. The van der Waals surface area contributed by atoms with Crippen LogP contribution in [0.25, 0.3) is 0 Å². The molecule has 8 N–H and O–H groups in total. The first-order valence-corrected chi connectivity index (χ1v) is 11.2. The minimum absolute atomic E-state index is 0.0292. The predicted molar refractivity (Wildman–Crippen MR) is 107 cm³/mol. The van der Waals surface area contributed by atoms with E-state index in [9.17, 15) is 36.1 Å². The molecule has 2 rings (SSSR count).